The van der Waals surface area contributed by atoms with Crippen molar-refractivity contribution in [1.82, 2.24) is 0 Å². The van der Waals surface area contributed by atoms with Crippen LogP contribution < -0.4 is 5.30 Å². The quantitative estimate of drug-likeness (QED) is 0.666. The van der Waals surface area contributed by atoms with Crippen LogP contribution in [-0.4, -0.2) is 6.66 Å². The molecule has 0 radical (unpaired) electrons. The van der Waals surface area contributed by atoms with Crippen molar-refractivity contribution < 1.29 is 0 Å². The standard InChI is InChI=1S/C13H19P.C2H6/c1-6-11-8-12(9(2)3)7-10(4)13(11)14-5;1-2/h6-9,14H,1H2,2-5H3;1-2H3. The average Bonchev–Trinajstić information content (AvgIpc) is 2.30. The van der Waals surface area contributed by atoms with Crippen LogP contribution in [0.3, 0.4) is 0 Å². The van der Waals surface area contributed by atoms with Gasteiger partial charge in [-0.25, -0.2) is 0 Å². The molecule has 0 aromatic heterocycles. The largest absolute Gasteiger partial charge is 0.0984 e. The van der Waals surface area contributed by atoms with Crippen molar-refractivity contribution in [1.29, 1.82) is 0 Å². The molecule has 0 bridgehead atoms. The summed E-state index contributed by atoms with van der Waals surface area (Å²) < 4.78 is 0. The molecule has 0 aliphatic rings. The molecule has 0 nitrogen and oxygen atoms in total. The van der Waals surface area contributed by atoms with E-state index in [2.05, 4.69) is 46.1 Å². The summed E-state index contributed by atoms with van der Waals surface area (Å²) in [7, 11) is 0.853. The van der Waals surface area contributed by atoms with E-state index in [1.54, 1.807) is 0 Å². The summed E-state index contributed by atoms with van der Waals surface area (Å²) in [6.45, 7) is 16.8. The third-order valence-corrected chi connectivity index (χ3v) is 3.71. The molecule has 0 aliphatic heterocycles. The lowest BCUT2D eigenvalue weighted by Gasteiger charge is -2.13. The van der Waals surface area contributed by atoms with E-state index in [0.29, 0.717) is 5.92 Å². The van der Waals surface area contributed by atoms with E-state index in [1.165, 1.54) is 22.0 Å². The Morgan fingerprint density at radius 3 is 2.19 bits per heavy atom. The highest BCUT2D eigenvalue weighted by atomic mass is 31.1. The second kappa shape index (κ2) is 7.63. The van der Waals surface area contributed by atoms with Crippen molar-refractivity contribution in [2.75, 3.05) is 6.66 Å². The van der Waals surface area contributed by atoms with E-state index in [0.717, 1.165) is 8.58 Å². The van der Waals surface area contributed by atoms with E-state index < -0.39 is 0 Å². The molecule has 0 fully saturated rings. The maximum atomic E-state index is 3.89. The molecule has 0 aliphatic carbocycles. The van der Waals surface area contributed by atoms with Crippen molar-refractivity contribution in [3.8, 4) is 0 Å². The smallest absolute Gasteiger partial charge is 0.0173 e. The molecule has 0 saturated heterocycles. The van der Waals surface area contributed by atoms with E-state index in [-0.39, 0.29) is 0 Å². The molecular weight excluding hydrogens is 211 g/mol. The summed E-state index contributed by atoms with van der Waals surface area (Å²) in [4.78, 5) is 0. The molecule has 1 aromatic carbocycles. The number of rotatable bonds is 3. The first-order chi connectivity index (χ1) is 7.60. The molecule has 16 heavy (non-hydrogen) atoms. The van der Waals surface area contributed by atoms with Gasteiger partial charge in [-0.3, -0.25) is 0 Å². The van der Waals surface area contributed by atoms with Gasteiger partial charge in [-0.15, -0.1) is 0 Å². The molecule has 1 aromatic rings. The van der Waals surface area contributed by atoms with Crippen LogP contribution in [0, 0.1) is 6.92 Å². The summed E-state index contributed by atoms with van der Waals surface area (Å²) >= 11 is 0. The fraction of sp³-hybridized carbons (Fsp3) is 0.467. The second-order valence-electron chi connectivity index (χ2n) is 3.91. The monoisotopic (exact) mass is 236 g/mol. The van der Waals surface area contributed by atoms with Gasteiger partial charge >= 0.3 is 0 Å². The Morgan fingerprint density at radius 1 is 1.25 bits per heavy atom. The molecule has 90 valence electrons. The number of aryl methyl sites for hydroxylation is 1. The Morgan fingerprint density at radius 2 is 1.81 bits per heavy atom. The van der Waals surface area contributed by atoms with Crippen molar-refractivity contribution in [3.63, 3.8) is 0 Å². The molecule has 1 rings (SSSR count). The van der Waals surface area contributed by atoms with Crippen molar-refractivity contribution >= 4 is 20.0 Å². The maximum Gasteiger partial charge on any atom is -0.0173 e. The molecule has 1 heteroatoms. The van der Waals surface area contributed by atoms with E-state index >= 15 is 0 Å². The first-order valence-electron chi connectivity index (χ1n) is 6.04. The Bertz CT molecular complexity index is 338. The lowest BCUT2D eigenvalue weighted by atomic mass is 9.98. The molecular formula is C15H25P. The summed E-state index contributed by atoms with van der Waals surface area (Å²) in [5.41, 5.74) is 4.14. The Hall–Kier alpha value is -0.610. The van der Waals surface area contributed by atoms with Gasteiger partial charge in [0.15, 0.2) is 0 Å². The fourth-order valence-corrected chi connectivity index (χ4v) is 2.61. The van der Waals surface area contributed by atoms with Gasteiger partial charge in [-0.2, -0.15) is 0 Å². The summed E-state index contributed by atoms with van der Waals surface area (Å²) in [5, 5.41) is 1.46. The predicted octanol–water partition coefficient (Wildman–Crippen LogP) is 4.72. The summed E-state index contributed by atoms with van der Waals surface area (Å²) in [5.74, 6) is 0.599. The van der Waals surface area contributed by atoms with Gasteiger partial charge in [-0.05, 0) is 41.5 Å². The highest BCUT2D eigenvalue weighted by molar-refractivity contribution is 7.46. The Kier molecular flexibility index (Phi) is 7.34. The fourth-order valence-electron chi connectivity index (χ4n) is 1.68. The lowest BCUT2D eigenvalue weighted by molar-refractivity contribution is 0.865. The third kappa shape index (κ3) is 3.76. The highest BCUT2D eigenvalue weighted by Crippen LogP contribution is 2.21. The summed E-state index contributed by atoms with van der Waals surface area (Å²) in [6, 6.07) is 4.58. The highest BCUT2D eigenvalue weighted by Gasteiger charge is 2.06. The van der Waals surface area contributed by atoms with Crippen LogP contribution in [0.4, 0.5) is 0 Å². The van der Waals surface area contributed by atoms with Crippen LogP contribution >= 0.6 is 8.58 Å². The molecule has 1 atom stereocenters. The first-order valence-corrected chi connectivity index (χ1v) is 7.54. The molecule has 0 saturated carbocycles. The topological polar surface area (TPSA) is 0 Å². The zero-order chi connectivity index (χ0) is 12.7. The average molecular weight is 236 g/mol. The van der Waals surface area contributed by atoms with Crippen LogP contribution in [0.25, 0.3) is 6.08 Å². The van der Waals surface area contributed by atoms with Crippen molar-refractivity contribution in [2.24, 2.45) is 0 Å². The number of hydrogen-bond donors (Lipinski definition) is 0. The molecule has 0 spiro atoms. The predicted molar refractivity (Wildman–Crippen MR) is 80.6 cm³/mol. The SMILES string of the molecule is C=Cc1cc(C(C)C)cc(C)c1PC.CC. The van der Waals surface area contributed by atoms with Crippen LogP contribution in [0.15, 0.2) is 18.7 Å². The number of benzene rings is 1. The van der Waals surface area contributed by atoms with Crippen LogP contribution in [0.2, 0.25) is 0 Å². The van der Waals surface area contributed by atoms with Gasteiger partial charge in [0, 0.05) is 0 Å². The van der Waals surface area contributed by atoms with Crippen LogP contribution in [-0.2, 0) is 0 Å². The van der Waals surface area contributed by atoms with Crippen molar-refractivity contribution in [2.45, 2.75) is 40.5 Å². The molecule has 0 heterocycles. The normalized spacial score (nSPS) is 10.4. The van der Waals surface area contributed by atoms with E-state index in [1.807, 2.05) is 19.9 Å². The van der Waals surface area contributed by atoms with Gasteiger partial charge in [0.25, 0.3) is 0 Å². The van der Waals surface area contributed by atoms with Gasteiger partial charge in [0.1, 0.15) is 0 Å². The van der Waals surface area contributed by atoms with Gasteiger partial charge in [0.2, 0.25) is 0 Å². The van der Waals surface area contributed by atoms with E-state index in [4.69, 9.17) is 0 Å². The minimum atomic E-state index is 0.599. The molecule has 0 amide bonds. The lowest BCUT2D eigenvalue weighted by Crippen LogP contribution is -2.06. The molecule has 0 N–H and O–H groups in total. The van der Waals surface area contributed by atoms with Gasteiger partial charge in [0.05, 0.1) is 0 Å². The van der Waals surface area contributed by atoms with Gasteiger partial charge in [-0.1, -0.05) is 61.1 Å². The minimum Gasteiger partial charge on any atom is -0.0984 e. The minimum absolute atomic E-state index is 0.599. The van der Waals surface area contributed by atoms with Crippen LogP contribution in [0.5, 0.6) is 0 Å². The second-order valence-corrected chi connectivity index (χ2v) is 4.91. The Labute approximate surface area is 103 Å². The maximum absolute atomic E-state index is 3.89. The van der Waals surface area contributed by atoms with Crippen LogP contribution in [0.1, 0.15) is 50.3 Å². The molecule has 1 unspecified atom stereocenters. The van der Waals surface area contributed by atoms with Crippen molar-refractivity contribution in [3.05, 3.63) is 35.4 Å². The first kappa shape index (κ1) is 15.4. The zero-order valence-corrected chi connectivity index (χ0v) is 12.5. The zero-order valence-electron chi connectivity index (χ0n) is 11.5. The summed E-state index contributed by atoms with van der Waals surface area (Å²) in [6.07, 6.45) is 1.98. The number of hydrogen-bond acceptors (Lipinski definition) is 0. The third-order valence-electron chi connectivity index (χ3n) is 2.52. The van der Waals surface area contributed by atoms with Gasteiger partial charge < -0.3 is 0 Å². The Balaban J connectivity index is 0.00000106. The van der Waals surface area contributed by atoms with E-state index in [9.17, 15) is 0 Å².